The lowest BCUT2D eigenvalue weighted by Gasteiger charge is -2.57. The van der Waals surface area contributed by atoms with Crippen LogP contribution < -0.4 is 5.32 Å². The van der Waals surface area contributed by atoms with Gasteiger partial charge in [0.25, 0.3) is 0 Å². The second kappa shape index (κ2) is 8.30. The highest BCUT2D eigenvalue weighted by Crippen LogP contribution is 2.61. The Balaban J connectivity index is 1.08. The molecule has 0 amide bonds. The van der Waals surface area contributed by atoms with Crippen molar-refractivity contribution in [2.45, 2.75) is 84.1 Å². The van der Waals surface area contributed by atoms with Gasteiger partial charge in [-0.15, -0.1) is 0 Å². The summed E-state index contributed by atoms with van der Waals surface area (Å²) in [5.74, 6) is 4.88. The van der Waals surface area contributed by atoms with Crippen LogP contribution in [0.15, 0.2) is 0 Å². The lowest BCUT2D eigenvalue weighted by molar-refractivity contribution is -0.0619. The van der Waals surface area contributed by atoms with Crippen molar-refractivity contribution in [2.24, 2.45) is 35.0 Å². The Morgan fingerprint density at radius 3 is 2.24 bits per heavy atom. The lowest BCUT2D eigenvalue weighted by Crippen LogP contribution is -2.48. The van der Waals surface area contributed by atoms with E-state index in [9.17, 15) is 0 Å². The highest BCUT2D eigenvalue weighted by atomic mass is 32.1. The summed E-state index contributed by atoms with van der Waals surface area (Å²) in [5, 5.41) is 4.47. The fourth-order valence-electron chi connectivity index (χ4n) is 8.23. The van der Waals surface area contributed by atoms with Crippen molar-refractivity contribution in [2.75, 3.05) is 32.7 Å². The number of nitrogens with one attached hydrogen (secondary N) is 1. The number of nitrogens with zero attached hydrogens (tertiary/aromatic N) is 2. The Bertz CT molecular complexity index is 560. The largest absolute Gasteiger partial charge is 0.360 e. The summed E-state index contributed by atoms with van der Waals surface area (Å²) in [7, 11) is 0. The van der Waals surface area contributed by atoms with Gasteiger partial charge < -0.3 is 15.1 Å². The molecule has 6 aliphatic rings. The first-order valence-corrected chi connectivity index (χ1v) is 13.2. The summed E-state index contributed by atoms with van der Waals surface area (Å²) < 4.78 is 0. The zero-order valence-electron chi connectivity index (χ0n) is 18.9. The van der Waals surface area contributed by atoms with Crippen LogP contribution in [-0.2, 0) is 0 Å². The number of piperidine rings is 1. The van der Waals surface area contributed by atoms with E-state index in [1.54, 1.807) is 38.5 Å². The van der Waals surface area contributed by atoms with Crippen molar-refractivity contribution >= 4 is 17.3 Å². The smallest absolute Gasteiger partial charge is 0.169 e. The monoisotopic (exact) mass is 417 g/mol. The van der Waals surface area contributed by atoms with Gasteiger partial charge in [0.05, 0.1) is 0 Å². The summed E-state index contributed by atoms with van der Waals surface area (Å²) in [6, 6.07) is 0.622. The molecule has 164 valence electrons. The summed E-state index contributed by atoms with van der Waals surface area (Å²) in [4.78, 5) is 5.34. The van der Waals surface area contributed by atoms with Gasteiger partial charge in [0, 0.05) is 19.1 Å². The van der Waals surface area contributed by atoms with E-state index < -0.39 is 0 Å². The molecule has 4 heteroatoms. The molecule has 2 aliphatic heterocycles. The fraction of sp³-hybridized carbons (Fsp3) is 0.960. The van der Waals surface area contributed by atoms with Gasteiger partial charge in [0.2, 0.25) is 0 Å². The number of hydrogen-bond acceptors (Lipinski definition) is 2. The predicted molar refractivity (Wildman–Crippen MR) is 125 cm³/mol. The van der Waals surface area contributed by atoms with Crippen LogP contribution in [0.4, 0.5) is 0 Å². The van der Waals surface area contributed by atoms with Crippen molar-refractivity contribution in [3.05, 3.63) is 0 Å². The van der Waals surface area contributed by atoms with Gasteiger partial charge in [-0.2, -0.15) is 0 Å². The van der Waals surface area contributed by atoms with Crippen LogP contribution in [0, 0.1) is 35.0 Å². The van der Waals surface area contributed by atoms with E-state index in [1.165, 1.54) is 51.9 Å². The Morgan fingerprint density at radius 2 is 1.66 bits per heavy atom. The quantitative estimate of drug-likeness (QED) is 0.593. The van der Waals surface area contributed by atoms with Crippen LogP contribution in [0.5, 0.6) is 0 Å². The summed E-state index contributed by atoms with van der Waals surface area (Å²) >= 11 is 5.63. The molecule has 0 aromatic rings. The molecule has 6 rings (SSSR count). The molecule has 29 heavy (non-hydrogen) atoms. The van der Waals surface area contributed by atoms with E-state index in [1.807, 2.05) is 0 Å². The lowest BCUT2D eigenvalue weighted by atomic mass is 9.49. The van der Waals surface area contributed by atoms with Crippen molar-refractivity contribution in [3.63, 3.8) is 0 Å². The molecule has 6 fully saturated rings. The first kappa shape index (κ1) is 20.5. The first-order chi connectivity index (χ1) is 14.0. The molecule has 0 radical (unpaired) electrons. The number of thiocarbonyl (C=S) groups is 1. The van der Waals surface area contributed by atoms with Crippen LogP contribution >= 0.6 is 12.2 Å². The minimum absolute atomic E-state index is 0.622. The Kier molecular flexibility index (Phi) is 5.88. The molecular formula is C25H43N3S. The third kappa shape index (κ3) is 4.49. The zero-order valence-corrected chi connectivity index (χ0v) is 19.7. The second-order valence-corrected chi connectivity index (χ2v) is 12.5. The molecule has 2 saturated heterocycles. The van der Waals surface area contributed by atoms with Gasteiger partial charge in [-0.25, -0.2) is 0 Å². The molecule has 0 aromatic heterocycles. The summed E-state index contributed by atoms with van der Waals surface area (Å²) in [6.07, 6.45) is 15.0. The van der Waals surface area contributed by atoms with E-state index in [0.717, 1.165) is 46.7 Å². The van der Waals surface area contributed by atoms with Crippen LogP contribution in [0.1, 0.15) is 78.1 Å². The summed E-state index contributed by atoms with van der Waals surface area (Å²) in [5.41, 5.74) is 0.753. The topological polar surface area (TPSA) is 18.5 Å². The Morgan fingerprint density at radius 1 is 1.03 bits per heavy atom. The maximum Gasteiger partial charge on any atom is 0.169 e. The molecule has 0 spiro atoms. The molecule has 3 nitrogen and oxygen atoms in total. The highest BCUT2D eigenvalue weighted by molar-refractivity contribution is 7.80. The minimum atomic E-state index is 0.622. The van der Waals surface area contributed by atoms with Crippen molar-refractivity contribution in [3.8, 4) is 0 Å². The predicted octanol–water partition coefficient (Wildman–Crippen LogP) is 4.91. The SMILES string of the molecule is CC(C)C[C@H]1CNC(=S)N1CC1CCN(CCC23CC4CC(CC(C4)C2)C3)CC1. The Labute approximate surface area is 184 Å². The maximum atomic E-state index is 5.63. The average Bonchev–Trinajstić information content (AvgIpc) is 2.99. The van der Waals surface area contributed by atoms with Crippen LogP contribution in [-0.4, -0.2) is 53.7 Å². The van der Waals surface area contributed by atoms with Gasteiger partial charge in [-0.05, 0) is 131 Å². The van der Waals surface area contributed by atoms with E-state index in [4.69, 9.17) is 12.2 Å². The van der Waals surface area contributed by atoms with Crippen molar-refractivity contribution < 1.29 is 0 Å². The number of rotatable bonds is 7. The highest BCUT2D eigenvalue weighted by Gasteiger charge is 2.50. The number of hydrogen-bond donors (Lipinski definition) is 1. The molecule has 4 aliphatic carbocycles. The standard InChI is InChI=1S/C25H43N3S/c1-18(2)9-23-16-26-24(29)28(23)17-19-3-6-27(7-4-19)8-5-25-13-20-10-21(14-25)12-22(11-20)15-25/h18-23H,3-17H2,1-2H3,(H,26,29)/t20?,21?,22?,23-,25?/m0/s1. The van der Waals surface area contributed by atoms with Gasteiger partial charge in [-0.3, -0.25) is 0 Å². The first-order valence-electron chi connectivity index (χ1n) is 12.7. The van der Waals surface area contributed by atoms with Crippen molar-refractivity contribution in [1.29, 1.82) is 0 Å². The second-order valence-electron chi connectivity index (χ2n) is 12.1. The van der Waals surface area contributed by atoms with Gasteiger partial charge in [0.15, 0.2) is 5.11 Å². The van der Waals surface area contributed by atoms with E-state index >= 15 is 0 Å². The normalized spacial score (nSPS) is 40.2. The molecule has 1 N–H and O–H groups in total. The molecule has 4 saturated carbocycles. The van der Waals surface area contributed by atoms with Gasteiger partial charge in [-0.1, -0.05) is 13.8 Å². The summed E-state index contributed by atoms with van der Waals surface area (Å²) in [6.45, 7) is 10.9. The van der Waals surface area contributed by atoms with Crippen LogP contribution in [0.2, 0.25) is 0 Å². The van der Waals surface area contributed by atoms with E-state index in [2.05, 4.69) is 29.0 Å². The third-order valence-electron chi connectivity index (χ3n) is 9.22. The zero-order chi connectivity index (χ0) is 20.0. The van der Waals surface area contributed by atoms with E-state index in [0.29, 0.717) is 6.04 Å². The Hall–Kier alpha value is -0.350. The molecule has 1 atom stereocenters. The van der Waals surface area contributed by atoms with Crippen molar-refractivity contribution in [1.82, 2.24) is 15.1 Å². The van der Waals surface area contributed by atoms with Crippen LogP contribution in [0.3, 0.4) is 0 Å². The third-order valence-corrected chi connectivity index (χ3v) is 9.60. The number of likely N-dealkylation sites (tertiary alicyclic amines) is 1. The average molecular weight is 418 g/mol. The fourth-order valence-corrected chi connectivity index (χ4v) is 8.54. The molecule has 4 bridgehead atoms. The molecule has 0 unspecified atom stereocenters. The maximum absolute atomic E-state index is 5.63. The molecule has 0 aromatic carbocycles. The minimum Gasteiger partial charge on any atom is -0.360 e. The van der Waals surface area contributed by atoms with Gasteiger partial charge >= 0.3 is 0 Å². The van der Waals surface area contributed by atoms with E-state index in [-0.39, 0.29) is 0 Å². The molecule has 2 heterocycles. The van der Waals surface area contributed by atoms with Crippen LogP contribution in [0.25, 0.3) is 0 Å². The van der Waals surface area contributed by atoms with Gasteiger partial charge in [0.1, 0.15) is 0 Å². The molecular weight excluding hydrogens is 374 g/mol.